The first-order valence-electron chi connectivity index (χ1n) is 6.46. The van der Waals surface area contributed by atoms with Crippen LogP contribution in [0, 0.1) is 0 Å². The molecule has 2 aromatic heterocycles. The SMILES string of the molecule is C=C(Cn1c(Br)nc2c(=O)n(C)c(=O)n(C)c21)C(=O)OCC. The van der Waals surface area contributed by atoms with E-state index in [0.717, 1.165) is 4.57 Å². The molecule has 2 rings (SSSR count). The van der Waals surface area contributed by atoms with Crippen LogP contribution in [0.25, 0.3) is 11.2 Å². The van der Waals surface area contributed by atoms with E-state index >= 15 is 0 Å². The largest absolute Gasteiger partial charge is 0.463 e. The molecule has 0 N–H and O–H groups in total. The van der Waals surface area contributed by atoms with E-state index < -0.39 is 17.2 Å². The molecule has 0 saturated carbocycles. The van der Waals surface area contributed by atoms with E-state index in [9.17, 15) is 14.4 Å². The topological polar surface area (TPSA) is 88.1 Å². The number of aromatic nitrogens is 4. The molecular weight excluding hydrogens is 356 g/mol. The van der Waals surface area contributed by atoms with Crippen LogP contribution < -0.4 is 11.2 Å². The molecule has 22 heavy (non-hydrogen) atoms. The summed E-state index contributed by atoms with van der Waals surface area (Å²) in [6, 6.07) is 0. The standard InChI is InChI=1S/C13H15BrN4O4/c1-5-22-11(20)7(2)6-18-9-8(15-12(18)14)10(19)17(4)13(21)16(9)3/h2,5-6H2,1,3-4H3. The van der Waals surface area contributed by atoms with E-state index in [2.05, 4.69) is 27.5 Å². The Bertz CT molecular complexity index is 890. The number of fused-ring (bicyclic) bond motifs is 1. The molecule has 2 aromatic rings. The van der Waals surface area contributed by atoms with Gasteiger partial charge >= 0.3 is 11.7 Å². The zero-order valence-electron chi connectivity index (χ0n) is 12.4. The minimum atomic E-state index is -0.537. The zero-order chi connectivity index (χ0) is 16.6. The molecule has 2 heterocycles. The first-order chi connectivity index (χ1) is 10.3. The first kappa shape index (κ1) is 16.2. The van der Waals surface area contributed by atoms with Crippen molar-refractivity contribution in [2.75, 3.05) is 6.61 Å². The van der Waals surface area contributed by atoms with Crippen LogP contribution in [-0.2, 0) is 30.2 Å². The second-order valence-corrected chi connectivity index (χ2v) is 5.38. The molecular formula is C13H15BrN4O4. The maximum Gasteiger partial charge on any atom is 0.335 e. The Labute approximate surface area is 133 Å². The van der Waals surface area contributed by atoms with E-state index in [4.69, 9.17) is 4.74 Å². The minimum Gasteiger partial charge on any atom is -0.463 e. The van der Waals surface area contributed by atoms with Crippen molar-refractivity contribution in [3.05, 3.63) is 37.7 Å². The lowest BCUT2D eigenvalue weighted by Crippen LogP contribution is -2.37. The summed E-state index contributed by atoms with van der Waals surface area (Å²) in [6.45, 7) is 5.66. The van der Waals surface area contributed by atoms with Crippen LogP contribution in [-0.4, -0.2) is 31.3 Å². The number of hydrogen-bond donors (Lipinski definition) is 0. The summed E-state index contributed by atoms with van der Waals surface area (Å²) in [5.74, 6) is -0.537. The molecule has 8 nitrogen and oxygen atoms in total. The first-order valence-corrected chi connectivity index (χ1v) is 7.25. The van der Waals surface area contributed by atoms with Crippen molar-refractivity contribution in [3.8, 4) is 0 Å². The van der Waals surface area contributed by atoms with Gasteiger partial charge in [0.15, 0.2) is 15.9 Å². The van der Waals surface area contributed by atoms with Gasteiger partial charge in [-0.25, -0.2) is 14.6 Å². The molecule has 0 aromatic carbocycles. The van der Waals surface area contributed by atoms with Crippen LogP contribution in [0.3, 0.4) is 0 Å². The normalized spacial score (nSPS) is 10.9. The Morgan fingerprint density at radius 1 is 1.32 bits per heavy atom. The number of halogens is 1. The van der Waals surface area contributed by atoms with E-state index in [1.807, 2.05) is 0 Å². The van der Waals surface area contributed by atoms with Crippen LogP contribution in [0.5, 0.6) is 0 Å². The van der Waals surface area contributed by atoms with Gasteiger partial charge in [0, 0.05) is 19.7 Å². The number of imidazole rings is 1. The summed E-state index contributed by atoms with van der Waals surface area (Å²) in [6.07, 6.45) is 0. The second kappa shape index (κ2) is 5.91. The summed E-state index contributed by atoms with van der Waals surface area (Å²) < 4.78 is 9.01. The third kappa shape index (κ3) is 2.52. The smallest absolute Gasteiger partial charge is 0.335 e. The lowest BCUT2D eigenvalue weighted by atomic mass is 10.3. The average molecular weight is 371 g/mol. The van der Waals surface area contributed by atoms with E-state index in [1.54, 1.807) is 6.92 Å². The number of rotatable bonds is 4. The molecule has 0 amide bonds. The molecule has 0 aliphatic rings. The number of ether oxygens (including phenoxy) is 1. The Hall–Kier alpha value is -2.16. The summed E-state index contributed by atoms with van der Waals surface area (Å²) in [5, 5.41) is 0. The molecule has 0 aliphatic carbocycles. The third-order valence-electron chi connectivity index (χ3n) is 3.21. The van der Waals surface area contributed by atoms with Crippen LogP contribution in [0.4, 0.5) is 0 Å². The number of nitrogens with zero attached hydrogens (tertiary/aromatic N) is 4. The molecule has 0 saturated heterocycles. The van der Waals surface area contributed by atoms with Crippen LogP contribution in [0.15, 0.2) is 26.5 Å². The lowest BCUT2D eigenvalue weighted by molar-refractivity contribution is -0.138. The predicted octanol–water partition coefficient (Wildman–Crippen LogP) is 0.315. The molecule has 0 spiro atoms. The van der Waals surface area contributed by atoms with Crippen molar-refractivity contribution in [3.63, 3.8) is 0 Å². The number of aryl methyl sites for hydroxylation is 1. The summed E-state index contributed by atoms with van der Waals surface area (Å²) in [4.78, 5) is 40.0. The van der Waals surface area contributed by atoms with Gasteiger partial charge in [0.2, 0.25) is 0 Å². The molecule has 0 fully saturated rings. The van der Waals surface area contributed by atoms with Crippen molar-refractivity contribution < 1.29 is 9.53 Å². The van der Waals surface area contributed by atoms with Crippen LogP contribution in [0.1, 0.15) is 6.92 Å². The summed E-state index contributed by atoms with van der Waals surface area (Å²) in [5.41, 5.74) is -0.347. The Balaban J connectivity index is 2.63. The molecule has 0 atom stereocenters. The number of carbonyl (C=O) groups excluding carboxylic acids is 1. The van der Waals surface area contributed by atoms with E-state index in [-0.39, 0.29) is 24.2 Å². The van der Waals surface area contributed by atoms with E-state index in [1.165, 1.54) is 23.2 Å². The van der Waals surface area contributed by atoms with Gasteiger partial charge in [-0.1, -0.05) is 6.58 Å². The summed E-state index contributed by atoms with van der Waals surface area (Å²) >= 11 is 3.24. The van der Waals surface area contributed by atoms with Crippen molar-refractivity contribution in [2.24, 2.45) is 14.1 Å². The van der Waals surface area contributed by atoms with E-state index in [0.29, 0.717) is 10.4 Å². The van der Waals surface area contributed by atoms with Gasteiger partial charge in [-0.15, -0.1) is 0 Å². The zero-order valence-corrected chi connectivity index (χ0v) is 14.0. The maximum atomic E-state index is 12.1. The molecule has 0 aliphatic heterocycles. The van der Waals surface area contributed by atoms with Gasteiger partial charge < -0.3 is 4.74 Å². The van der Waals surface area contributed by atoms with Gasteiger partial charge in [-0.05, 0) is 22.9 Å². The van der Waals surface area contributed by atoms with Gasteiger partial charge in [0.05, 0.1) is 13.2 Å². The second-order valence-electron chi connectivity index (χ2n) is 4.67. The quantitative estimate of drug-likeness (QED) is 0.439. The van der Waals surface area contributed by atoms with Crippen molar-refractivity contribution in [2.45, 2.75) is 13.5 Å². The summed E-state index contributed by atoms with van der Waals surface area (Å²) in [7, 11) is 2.91. The fraction of sp³-hybridized carbons (Fsp3) is 0.385. The number of hydrogen-bond acceptors (Lipinski definition) is 5. The van der Waals surface area contributed by atoms with Gasteiger partial charge in [0.25, 0.3) is 5.56 Å². The minimum absolute atomic E-state index is 0.0519. The highest BCUT2D eigenvalue weighted by atomic mass is 79.9. The van der Waals surface area contributed by atoms with Crippen molar-refractivity contribution in [1.29, 1.82) is 0 Å². The van der Waals surface area contributed by atoms with Crippen LogP contribution in [0.2, 0.25) is 0 Å². The number of carbonyl (C=O) groups is 1. The Morgan fingerprint density at radius 2 is 1.95 bits per heavy atom. The molecule has 118 valence electrons. The highest BCUT2D eigenvalue weighted by Gasteiger charge is 2.19. The molecule has 0 radical (unpaired) electrons. The van der Waals surface area contributed by atoms with Crippen molar-refractivity contribution in [1.82, 2.24) is 18.7 Å². The van der Waals surface area contributed by atoms with Crippen LogP contribution >= 0.6 is 15.9 Å². The Kier molecular flexibility index (Phi) is 4.36. The lowest BCUT2D eigenvalue weighted by Gasteiger charge is -2.10. The fourth-order valence-electron chi connectivity index (χ4n) is 2.09. The average Bonchev–Trinajstić information content (AvgIpc) is 2.80. The predicted molar refractivity (Wildman–Crippen MR) is 83.7 cm³/mol. The highest BCUT2D eigenvalue weighted by molar-refractivity contribution is 9.10. The maximum absolute atomic E-state index is 12.1. The number of esters is 1. The highest BCUT2D eigenvalue weighted by Crippen LogP contribution is 2.18. The van der Waals surface area contributed by atoms with Gasteiger partial charge in [-0.2, -0.15) is 0 Å². The van der Waals surface area contributed by atoms with Gasteiger partial charge in [-0.3, -0.25) is 18.5 Å². The monoisotopic (exact) mass is 370 g/mol. The van der Waals surface area contributed by atoms with Crippen molar-refractivity contribution >= 4 is 33.1 Å². The molecule has 0 unspecified atom stereocenters. The molecule has 9 heteroatoms. The Morgan fingerprint density at radius 3 is 2.55 bits per heavy atom. The third-order valence-corrected chi connectivity index (χ3v) is 3.81. The molecule has 0 bridgehead atoms. The fourth-order valence-corrected chi connectivity index (χ4v) is 2.56. The van der Waals surface area contributed by atoms with Gasteiger partial charge in [0.1, 0.15) is 0 Å².